The normalized spacial score (nSPS) is 11.1. The van der Waals surface area contributed by atoms with Crippen LogP contribution in [0.2, 0.25) is 0 Å². The van der Waals surface area contributed by atoms with Gasteiger partial charge in [0.2, 0.25) is 5.91 Å². The minimum atomic E-state index is -3.92. The Hall–Kier alpha value is -2.84. The fourth-order valence-corrected chi connectivity index (χ4v) is 4.62. The highest BCUT2D eigenvalue weighted by molar-refractivity contribution is 7.98. The Labute approximate surface area is 181 Å². The third-order valence-corrected chi connectivity index (χ3v) is 7.03. The number of thioether (sulfide) groups is 1. The van der Waals surface area contributed by atoms with Gasteiger partial charge in [-0.25, -0.2) is 8.42 Å². The van der Waals surface area contributed by atoms with Crippen molar-refractivity contribution in [2.45, 2.75) is 23.3 Å². The fraction of sp³-hybridized carbons (Fsp3) is 0.182. The van der Waals surface area contributed by atoms with Gasteiger partial charge < -0.3 is 5.32 Å². The Morgan fingerprint density at radius 2 is 1.63 bits per heavy atom. The molecule has 0 radical (unpaired) electrons. The maximum Gasteiger partial charge on any atom is 0.264 e. The number of pyridine rings is 1. The highest BCUT2D eigenvalue weighted by atomic mass is 32.2. The average Bonchev–Trinajstić information content (AvgIpc) is 2.77. The van der Waals surface area contributed by atoms with Gasteiger partial charge in [-0.2, -0.15) is 0 Å². The number of carbonyl (C=O) groups excluding carboxylic acids is 1. The lowest BCUT2D eigenvalue weighted by Crippen LogP contribution is -2.40. The predicted molar refractivity (Wildman–Crippen MR) is 120 cm³/mol. The summed E-state index contributed by atoms with van der Waals surface area (Å²) in [5.41, 5.74) is 2.33. The number of benzene rings is 2. The average molecular weight is 442 g/mol. The number of anilines is 1. The Morgan fingerprint density at radius 3 is 2.23 bits per heavy atom. The van der Waals surface area contributed by atoms with E-state index in [1.165, 1.54) is 11.8 Å². The van der Waals surface area contributed by atoms with Crippen molar-refractivity contribution in [2.24, 2.45) is 0 Å². The number of amides is 1. The van der Waals surface area contributed by atoms with Crippen LogP contribution in [-0.2, 0) is 21.4 Å². The van der Waals surface area contributed by atoms with Gasteiger partial charge >= 0.3 is 0 Å². The van der Waals surface area contributed by atoms with Crippen molar-refractivity contribution < 1.29 is 13.2 Å². The van der Waals surface area contributed by atoms with Gasteiger partial charge in [0, 0.05) is 23.8 Å². The minimum Gasteiger partial charge on any atom is -0.350 e. The van der Waals surface area contributed by atoms with E-state index < -0.39 is 15.9 Å². The van der Waals surface area contributed by atoms with E-state index in [0.717, 1.165) is 20.3 Å². The van der Waals surface area contributed by atoms with Crippen LogP contribution in [0.15, 0.2) is 82.8 Å². The number of nitrogens with zero attached hydrogens (tertiary/aromatic N) is 2. The number of carbonyl (C=O) groups is 1. The standard InChI is InChI=1S/C22H23N3O3S2/c1-17-3-5-19(6-4-17)25(16-22(26)24-15-18-11-13-23-14-12-18)30(27,28)21-9-7-20(29-2)8-10-21/h3-14H,15-16H2,1-2H3,(H,24,26). The lowest BCUT2D eigenvalue weighted by Gasteiger charge is -2.24. The molecule has 2 aromatic carbocycles. The van der Waals surface area contributed by atoms with Gasteiger partial charge in [0.25, 0.3) is 10.0 Å². The molecule has 3 aromatic rings. The molecule has 0 aliphatic rings. The zero-order chi connectivity index (χ0) is 21.6. The molecule has 0 unspecified atom stereocenters. The molecule has 1 amide bonds. The third kappa shape index (κ3) is 5.40. The molecule has 156 valence electrons. The van der Waals surface area contributed by atoms with Crippen LogP contribution in [0.4, 0.5) is 5.69 Å². The largest absolute Gasteiger partial charge is 0.350 e. The summed E-state index contributed by atoms with van der Waals surface area (Å²) in [5.74, 6) is -0.392. The molecule has 0 saturated heterocycles. The van der Waals surface area contributed by atoms with Crippen LogP contribution in [0.1, 0.15) is 11.1 Å². The van der Waals surface area contributed by atoms with Crippen molar-refractivity contribution in [3.8, 4) is 0 Å². The summed E-state index contributed by atoms with van der Waals surface area (Å²) in [6, 6.07) is 17.3. The first-order valence-corrected chi connectivity index (χ1v) is 12.0. The maximum absolute atomic E-state index is 13.4. The zero-order valence-corrected chi connectivity index (χ0v) is 18.4. The molecule has 0 aliphatic heterocycles. The molecule has 30 heavy (non-hydrogen) atoms. The Balaban J connectivity index is 1.86. The number of rotatable bonds is 8. The van der Waals surface area contributed by atoms with E-state index >= 15 is 0 Å². The number of hydrogen-bond acceptors (Lipinski definition) is 5. The first-order chi connectivity index (χ1) is 14.4. The van der Waals surface area contributed by atoms with Crippen LogP contribution in [0.5, 0.6) is 0 Å². The molecular weight excluding hydrogens is 418 g/mol. The van der Waals surface area contributed by atoms with Gasteiger partial charge in [-0.05, 0) is 67.3 Å². The molecule has 0 saturated carbocycles. The van der Waals surface area contributed by atoms with Crippen molar-refractivity contribution in [1.82, 2.24) is 10.3 Å². The fourth-order valence-electron chi connectivity index (χ4n) is 2.79. The first-order valence-electron chi connectivity index (χ1n) is 9.29. The quantitative estimate of drug-likeness (QED) is 0.540. The van der Waals surface area contributed by atoms with Crippen molar-refractivity contribution in [1.29, 1.82) is 0 Å². The number of aryl methyl sites for hydroxylation is 1. The van der Waals surface area contributed by atoms with Crippen molar-refractivity contribution >= 4 is 33.4 Å². The summed E-state index contributed by atoms with van der Waals surface area (Å²) in [5, 5.41) is 2.78. The lowest BCUT2D eigenvalue weighted by molar-refractivity contribution is -0.119. The lowest BCUT2D eigenvalue weighted by atomic mass is 10.2. The second-order valence-corrected chi connectivity index (χ2v) is 9.40. The van der Waals surface area contributed by atoms with Gasteiger partial charge in [0.05, 0.1) is 10.6 Å². The summed E-state index contributed by atoms with van der Waals surface area (Å²) in [6.45, 7) is 1.90. The molecule has 0 atom stereocenters. The van der Waals surface area contributed by atoms with Crippen LogP contribution in [0.3, 0.4) is 0 Å². The van der Waals surface area contributed by atoms with Gasteiger partial charge in [0.1, 0.15) is 6.54 Å². The molecule has 0 spiro atoms. The van der Waals surface area contributed by atoms with Crippen LogP contribution in [0.25, 0.3) is 0 Å². The minimum absolute atomic E-state index is 0.141. The highest BCUT2D eigenvalue weighted by Crippen LogP contribution is 2.25. The highest BCUT2D eigenvalue weighted by Gasteiger charge is 2.27. The molecule has 3 rings (SSSR count). The van der Waals surface area contributed by atoms with E-state index in [2.05, 4.69) is 10.3 Å². The summed E-state index contributed by atoms with van der Waals surface area (Å²) in [4.78, 5) is 17.7. The molecule has 0 fully saturated rings. The third-order valence-electron chi connectivity index (χ3n) is 4.50. The monoisotopic (exact) mass is 441 g/mol. The second-order valence-electron chi connectivity index (χ2n) is 6.65. The van der Waals surface area contributed by atoms with E-state index in [-0.39, 0.29) is 11.4 Å². The molecule has 1 aromatic heterocycles. The van der Waals surface area contributed by atoms with E-state index in [1.54, 1.807) is 60.9 Å². The zero-order valence-electron chi connectivity index (χ0n) is 16.8. The van der Waals surface area contributed by atoms with Crippen molar-refractivity contribution in [3.05, 3.63) is 84.2 Å². The number of nitrogens with one attached hydrogen (secondary N) is 1. The van der Waals surface area contributed by atoms with E-state index in [9.17, 15) is 13.2 Å². The Kier molecular flexibility index (Phi) is 7.12. The first kappa shape index (κ1) is 21.9. The molecule has 8 heteroatoms. The van der Waals surface area contributed by atoms with Crippen LogP contribution >= 0.6 is 11.8 Å². The van der Waals surface area contributed by atoms with Gasteiger partial charge in [-0.15, -0.1) is 11.8 Å². The number of sulfonamides is 1. The van der Waals surface area contributed by atoms with Gasteiger partial charge in [0.15, 0.2) is 0 Å². The smallest absolute Gasteiger partial charge is 0.264 e. The van der Waals surface area contributed by atoms with Crippen LogP contribution in [-0.4, -0.2) is 32.1 Å². The Morgan fingerprint density at radius 1 is 1.00 bits per heavy atom. The number of hydrogen-bond donors (Lipinski definition) is 1. The molecule has 6 nitrogen and oxygen atoms in total. The molecule has 0 aliphatic carbocycles. The van der Waals surface area contributed by atoms with E-state index in [1.807, 2.05) is 25.3 Å². The second kappa shape index (κ2) is 9.77. The molecule has 1 heterocycles. The number of aromatic nitrogens is 1. The van der Waals surface area contributed by atoms with Crippen molar-refractivity contribution in [3.63, 3.8) is 0 Å². The molecule has 1 N–H and O–H groups in total. The molecular formula is C22H23N3O3S2. The summed E-state index contributed by atoms with van der Waals surface area (Å²) in [6.07, 6.45) is 5.21. The van der Waals surface area contributed by atoms with Crippen molar-refractivity contribution in [2.75, 3.05) is 17.1 Å². The topological polar surface area (TPSA) is 79.4 Å². The van der Waals surface area contributed by atoms with E-state index in [0.29, 0.717) is 12.2 Å². The SMILES string of the molecule is CSc1ccc(S(=O)(=O)N(CC(=O)NCc2ccncc2)c2ccc(C)cc2)cc1. The van der Waals surface area contributed by atoms with Gasteiger partial charge in [-0.1, -0.05) is 17.7 Å². The van der Waals surface area contributed by atoms with Crippen LogP contribution in [0, 0.1) is 6.92 Å². The summed E-state index contributed by atoms with van der Waals surface area (Å²) >= 11 is 1.53. The maximum atomic E-state index is 13.4. The predicted octanol–water partition coefficient (Wildman–Crippen LogP) is 3.62. The van der Waals surface area contributed by atoms with E-state index in [4.69, 9.17) is 0 Å². The van der Waals surface area contributed by atoms with Gasteiger partial charge in [-0.3, -0.25) is 14.1 Å². The molecule has 0 bridgehead atoms. The van der Waals surface area contributed by atoms with Crippen LogP contribution < -0.4 is 9.62 Å². The summed E-state index contributed by atoms with van der Waals surface area (Å²) in [7, 11) is -3.92. The summed E-state index contributed by atoms with van der Waals surface area (Å²) < 4.78 is 27.9. The Bertz CT molecular complexity index is 1080.